The van der Waals surface area contributed by atoms with Gasteiger partial charge in [-0.15, -0.1) is 0 Å². The number of halogens is 2. The zero-order valence-electron chi connectivity index (χ0n) is 5.54. The summed E-state index contributed by atoms with van der Waals surface area (Å²) in [5.74, 6) is 0. The summed E-state index contributed by atoms with van der Waals surface area (Å²) < 4.78 is 0.946. The Morgan fingerprint density at radius 2 is 1.73 bits per heavy atom. The first-order chi connectivity index (χ1) is 5.22. The molecule has 0 saturated heterocycles. The molecule has 2 N–H and O–H groups in total. The van der Waals surface area contributed by atoms with Crippen LogP contribution < -0.4 is 0 Å². The van der Waals surface area contributed by atoms with Crippen LogP contribution >= 0.6 is 27.5 Å². The number of hydrogen-bond donors (Lipinski definition) is 2. The summed E-state index contributed by atoms with van der Waals surface area (Å²) in [5.41, 5.74) is 0. The lowest BCUT2D eigenvalue weighted by atomic mass is 10.4. The molecule has 11 heavy (non-hydrogen) atoms. The Hall–Kier alpha value is -0.0251. The molecular formula is C6H6BBrClO2. The van der Waals surface area contributed by atoms with Crippen molar-refractivity contribution >= 4 is 35.2 Å². The summed E-state index contributed by atoms with van der Waals surface area (Å²) in [6.07, 6.45) is 0. The molecule has 0 heterocycles. The maximum atomic E-state index is 7.00. The van der Waals surface area contributed by atoms with Crippen molar-refractivity contribution in [2.24, 2.45) is 0 Å². The Labute approximate surface area is 79.3 Å². The van der Waals surface area contributed by atoms with Crippen molar-refractivity contribution in [2.45, 2.75) is 0 Å². The minimum atomic E-state index is 0. The fourth-order valence-corrected chi connectivity index (χ4v) is 0.860. The zero-order valence-corrected chi connectivity index (χ0v) is 7.88. The zero-order chi connectivity index (χ0) is 8.69. The quantitative estimate of drug-likeness (QED) is 0.672. The maximum Gasteiger partial charge on any atom is 0.482 e. The van der Waals surface area contributed by atoms with E-state index >= 15 is 0 Å². The summed E-state index contributed by atoms with van der Waals surface area (Å²) in [6, 6.07) is 7.57. The van der Waals surface area contributed by atoms with Crippen LogP contribution in [-0.4, -0.2) is 17.7 Å². The van der Waals surface area contributed by atoms with Gasteiger partial charge in [0.15, 0.2) is 0 Å². The van der Waals surface area contributed by atoms with Gasteiger partial charge in [0.2, 0.25) is 0 Å². The standard InChI is InChI=1S/C6H4BrCl.BH2O2/c7-5-3-1-2-4-6(5)8;2-1-3/h1-4H;2-3H. The summed E-state index contributed by atoms with van der Waals surface area (Å²) in [6.45, 7) is 0. The first-order valence-electron chi connectivity index (χ1n) is 2.72. The average Bonchev–Trinajstić information content (AvgIpc) is 1.97. The fourth-order valence-electron chi connectivity index (χ4n) is 0.439. The maximum absolute atomic E-state index is 7.00. The first-order valence-corrected chi connectivity index (χ1v) is 3.89. The van der Waals surface area contributed by atoms with Crippen molar-refractivity contribution < 1.29 is 10.0 Å². The van der Waals surface area contributed by atoms with Crippen LogP contribution in [0.4, 0.5) is 0 Å². The molecule has 0 aliphatic rings. The molecule has 0 aliphatic heterocycles. The van der Waals surface area contributed by atoms with Gasteiger partial charge < -0.3 is 10.0 Å². The molecule has 5 heteroatoms. The summed E-state index contributed by atoms with van der Waals surface area (Å²) in [5, 5.41) is 14.8. The highest BCUT2D eigenvalue weighted by Gasteiger charge is 1.88. The van der Waals surface area contributed by atoms with Crippen LogP contribution in [0.1, 0.15) is 0 Å². The van der Waals surface area contributed by atoms with Gasteiger partial charge in [-0.3, -0.25) is 0 Å². The van der Waals surface area contributed by atoms with Crippen LogP contribution in [0.15, 0.2) is 28.7 Å². The molecule has 0 spiro atoms. The Morgan fingerprint density at radius 3 is 2.00 bits per heavy atom. The van der Waals surface area contributed by atoms with Crippen molar-refractivity contribution in [3.63, 3.8) is 0 Å². The van der Waals surface area contributed by atoms with E-state index in [0.717, 1.165) is 9.50 Å². The third-order valence-electron chi connectivity index (χ3n) is 0.824. The third-order valence-corrected chi connectivity index (χ3v) is 2.07. The van der Waals surface area contributed by atoms with Gasteiger partial charge in [0, 0.05) is 4.47 Å². The van der Waals surface area contributed by atoms with Gasteiger partial charge in [-0.2, -0.15) is 0 Å². The second kappa shape index (κ2) is 6.67. The molecule has 0 fully saturated rings. The highest BCUT2D eigenvalue weighted by molar-refractivity contribution is 9.10. The molecule has 1 aromatic rings. The normalized spacial score (nSPS) is 8.00. The Morgan fingerprint density at radius 1 is 1.27 bits per heavy atom. The van der Waals surface area contributed by atoms with Crippen molar-refractivity contribution in [3.8, 4) is 0 Å². The lowest BCUT2D eigenvalue weighted by Gasteiger charge is -1.88. The van der Waals surface area contributed by atoms with Crippen molar-refractivity contribution in [1.29, 1.82) is 0 Å². The fraction of sp³-hybridized carbons (Fsp3) is 0. The number of hydrogen-bond acceptors (Lipinski definition) is 2. The molecule has 0 saturated carbocycles. The van der Waals surface area contributed by atoms with Crippen molar-refractivity contribution in [1.82, 2.24) is 0 Å². The third kappa shape index (κ3) is 5.27. The molecule has 0 aromatic heterocycles. The molecule has 0 aliphatic carbocycles. The Balaban J connectivity index is 0.000000292. The molecular weight excluding hydrogens is 230 g/mol. The monoisotopic (exact) mass is 235 g/mol. The second-order valence-corrected chi connectivity index (χ2v) is 2.79. The lowest BCUT2D eigenvalue weighted by molar-refractivity contribution is 0.448. The number of benzene rings is 1. The van der Waals surface area contributed by atoms with E-state index in [0.29, 0.717) is 0 Å². The average molecular weight is 236 g/mol. The van der Waals surface area contributed by atoms with E-state index < -0.39 is 0 Å². The second-order valence-electron chi connectivity index (χ2n) is 1.53. The minimum Gasteiger partial charge on any atom is -0.429 e. The highest BCUT2D eigenvalue weighted by Crippen LogP contribution is 2.20. The van der Waals surface area contributed by atoms with E-state index in [-0.39, 0.29) is 7.69 Å². The number of rotatable bonds is 0. The van der Waals surface area contributed by atoms with E-state index in [4.69, 9.17) is 21.6 Å². The van der Waals surface area contributed by atoms with Gasteiger partial charge in [0.1, 0.15) is 0 Å². The molecule has 1 radical (unpaired) electrons. The van der Waals surface area contributed by atoms with E-state index in [9.17, 15) is 0 Å². The summed E-state index contributed by atoms with van der Waals surface area (Å²) in [7, 11) is 0. The largest absolute Gasteiger partial charge is 0.482 e. The van der Waals surface area contributed by atoms with E-state index in [2.05, 4.69) is 15.9 Å². The topological polar surface area (TPSA) is 40.5 Å². The Bertz CT molecular complexity index is 189. The van der Waals surface area contributed by atoms with Crippen LogP contribution in [-0.2, 0) is 0 Å². The van der Waals surface area contributed by atoms with E-state index in [1.165, 1.54) is 0 Å². The van der Waals surface area contributed by atoms with Crippen molar-refractivity contribution in [2.75, 3.05) is 0 Å². The van der Waals surface area contributed by atoms with Gasteiger partial charge in [-0.05, 0) is 28.1 Å². The van der Waals surface area contributed by atoms with Gasteiger partial charge in [0.25, 0.3) is 0 Å². The molecule has 59 valence electrons. The molecule has 2 nitrogen and oxygen atoms in total. The molecule has 0 unspecified atom stereocenters. The predicted octanol–water partition coefficient (Wildman–Crippen LogP) is 1.61. The van der Waals surface area contributed by atoms with Gasteiger partial charge in [0.05, 0.1) is 5.02 Å². The predicted molar refractivity (Wildman–Crippen MR) is 49.3 cm³/mol. The molecule has 0 atom stereocenters. The van der Waals surface area contributed by atoms with E-state index in [1.807, 2.05) is 24.3 Å². The van der Waals surface area contributed by atoms with Crippen LogP contribution in [0, 0.1) is 0 Å². The van der Waals surface area contributed by atoms with Crippen LogP contribution in [0.3, 0.4) is 0 Å². The van der Waals surface area contributed by atoms with Crippen LogP contribution in [0.5, 0.6) is 0 Å². The lowest BCUT2D eigenvalue weighted by Crippen LogP contribution is -1.75. The minimum absolute atomic E-state index is 0. The van der Waals surface area contributed by atoms with Gasteiger partial charge in [-0.25, -0.2) is 0 Å². The smallest absolute Gasteiger partial charge is 0.429 e. The molecule has 1 aromatic carbocycles. The highest BCUT2D eigenvalue weighted by atomic mass is 79.9. The summed E-state index contributed by atoms with van der Waals surface area (Å²) >= 11 is 8.93. The van der Waals surface area contributed by atoms with E-state index in [1.54, 1.807) is 0 Å². The van der Waals surface area contributed by atoms with Gasteiger partial charge in [-0.1, -0.05) is 23.7 Å². The Kier molecular flexibility index (Phi) is 6.66. The van der Waals surface area contributed by atoms with Crippen molar-refractivity contribution in [3.05, 3.63) is 33.8 Å². The molecule has 1 rings (SSSR count). The SMILES string of the molecule is Clc1ccccc1Br.O[B]O. The van der Waals surface area contributed by atoms with Gasteiger partial charge >= 0.3 is 7.69 Å². The van der Waals surface area contributed by atoms with Crippen LogP contribution in [0.2, 0.25) is 5.02 Å². The molecule has 0 amide bonds. The molecule has 0 bridgehead atoms. The van der Waals surface area contributed by atoms with Crippen LogP contribution in [0.25, 0.3) is 0 Å². The first kappa shape index (κ1) is 11.0. The summed E-state index contributed by atoms with van der Waals surface area (Å²) in [4.78, 5) is 0.